The van der Waals surface area contributed by atoms with E-state index < -0.39 is 16.2 Å². The van der Waals surface area contributed by atoms with Crippen molar-refractivity contribution in [2.45, 2.75) is 166 Å². The standard InChI is InChI=1S/C16H33N2O4P.C9H18ClN2OP.C8H19N.C7H16O3/c1-6-9-19-11-12-20-13-14-22-23(21-10-7-8-17)18(15(2)3)16(4)5;1-8(2)12(9(3)4)14(10)13-7-5-6-11;1-6-9(7(2)3)8(4)5;1-2-4-9-6-7-10-5-3-8/h15-16H,6-7,9-14H2,1-5H3;8-9H,5,7H2,1-4H3;7-8H,6H2,1-5H3;8H,2-7H2,1H3. The van der Waals surface area contributed by atoms with E-state index in [2.05, 4.69) is 124 Å². The first kappa shape index (κ1) is 62.3. The number of ether oxygens (including phenoxy) is 4. The van der Waals surface area contributed by atoms with Crippen molar-refractivity contribution in [3.05, 3.63) is 0 Å². The second-order valence-electron chi connectivity index (χ2n) is 14.1. The third-order valence-electron chi connectivity index (χ3n) is 7.11. The van der Waals surface area contributed by atoms with Crippen LogP contribution in [0.5, 0.6) is 0 Å². The molecule has 0 amide bonds. The number of aliphatic hydroxyl groups excluding tert-OH is 1. The van der Waals surface area contributed by atoms with Crippen molar-refractivity contribution in [1.82, 2.24) is 14.2 Å². The molecule has 0 aromatic carbocycles. The Bertz CT molecular complexity index is 855. The van der Waals surface area contributed by atoms with Gasteiger partial charge in [-0.2, -0.15) is 10.5 Å². The highest BCUT2D eigenvalue weighted by molar-refractivity contribution is 7.78. The highest BCUT2D eigenvalue weighted by atomic mass is 35.7. The van der Waals surface area contributed by atoms with Crippen molar-refractivity contribution in [3.63, 3.8) is 0 Å². The summed E-state index contributed by atoms with van der Waals surface area (Å²) >= 11 is 6.13. The maximum atomic E-state index is 8.66. The van der Waals surface area contributed by atoms with Crippen molar-refractivity contribution in [1.29, 1.82) is 10.5 Å². The quantitative estimate of drug-likeness (QED) is 0.0523. The van der Waals surface area contributed by atoms with Crippen molar-refractivity contribution in [2.24, 2.45) is 0 Å². The zero-order chi connectivity index (χ0) is 43.7. The van der Waals surface area contributed by atoms with Crippen LogP contribution in [0, 0.1) is 22.7 Å². The predicted octanol–water partition coefficient (Wildman–Crippen LogP) is 9.77. The molecular weight excluding hydrogens is 776 g/mol. The van der Waals surface area contributed by atoms with Crippen LogP contribution in [0.1, 0.15) is 130 Å². The Balaban J connectivity index is -0.000000349. The van der Waals surface area contributed by atoms with Crippen LogP contribution in [-0.4, -0.2) is 141 Å². The molecule has 2 unspecified atom stereocenters. The Morgan fingerprint density at radius 3 is 1.18 bits per heavy atom. The van der Waals surface area contributed by atoms with E-state index in [4.69, 9.17) is 59.4 Å². The summed E-state index contributed by atoms with van der Waals surface area (Å²) in [6.07, 6.45) is 2.83. The number of hydrogen-bond acceptors (Lipinski definition) is 13. The molecule has 0 heterocycles. The van der Waals surface area contributed by atoms with Gasteiger partial charge in [0.05, 0.1) is 91.0 Å². The van der Waals surface area contributed by atoms with Gasteiger partial charge in [0, 0.05) is 49.5 Å². The third-order valence-corrected chi connectivity index (χ3v) is 11.7. The average molecular weight is 863 g/mol. The van der Waals surface area contributed by atoms with Gasteiger partial charge in [-0.05, 0) is 114 Å². The number of aliphatic hydroxyl groups is 1. The second-order valence-corrected chi connectivity index (χ2v) is 17.6. The Kier molecular flexibility index (Phi) is 51.0. The minimum atomic E-state index is -1.17. The summed E-state index contributed by atoms with van der Waals surface area (Å²) in [5.41, 5.74) is 0. The lowest BCUT2D eigenvalue weighted by Gasteiger charge is -2.35. The molecule has 0 saturated carbocycles. The summed E-state index contributed by atoms with van der Waals surface area (Å²) in [5.74, 6) is 0. The molecule has 1 N–H and O–H groups in total. The molecule has 0 aliphatic heterocycles. The molecule has 56 heavy (non-hydrogen) atoms. The first-order valence-electron chi connectivity index (χ1n) is 20.7. The van der Waals surface area contributed by atoms with E-state index in [9.17, 15) is 0 Å². The smallest absolute Gasteiger partial charge is 0.259 e. The molecule has 0 aliphatic rings. The lowest BCUT2D eigenvalue weighted by molar-refractivity contribution is 0.0333. The van der Waals surface area contributed by atoms with Crippen molar-refractivity contribution in [2.75, 3.05) is 85.8 Å². The molecule has 336 valence electrons. The van der Waals surface area contributed by atoms with E-state index >= 15 is 0 Å². The predicted molar refractivity (Wildman–Crippen MR) is 236 cm³/mol. The molecule has 0 radical (unpaired) electrons. The average Bonchev–Trinajstić information content (AvgIpc) is 3.11. The molecule has 0 aromatic rings. The van der Waals surface area contributed by atoms with E-state index in [-0.39, 0.29) is 6.61 Å². The number of hydrogen-bond donors (Lipinski definition) is 1. The van der Waals surface area contributed by atoms with Gasteiger partial charge >= 0.3 is 0 Å². The maximum absolute atomic E-state index is 8.66. The van der Waals surface area contributed by atoms with Gasteiger partial charge in [-0.25, -0.2) is 9.34 Å². The van der Waals surface area contributed by atoms with Crippen molar-refractivity contribution >= 4 is 27.4 Å². The SMILES string of the molecule is CC(C)N(C(C)C)P(Cl)OCCC#N.CCCOCCOCCO.CCCOCCOCCOP(OCCC#N)N(C(C)C)C(C)C.CCN(C(C)C)C(C)C. The van der Waals surface area contributed by atoms with Crippen LogP contribution in [0.2, 0.25) is 0 Å². The summed E-state index contributed by atoms with van der Waals surface area (Å²) in [7, 11) is -2.25. The number of halogens is 1. The Morgan fingerprint density at radius 1 is 0.500 bits per heavy atom. The lowest BCUT2D eigenvalue weighted by atomic mass is 10.2. The van der Waals surface area contributed by atoms with Gasteiger partial charge in [0.25, 0.3) is 8.53 Å². The van der Waals surface area contributed by atoms with Gasteiger partial charge in [-0.3, -0.25) is 4.90 Å². The van der Waals surface area contributed by atoms with E-state index in [0.717, 1.165) is 32.6 Å². The molecule has 0 aromatic heterocycles. The van der Waals surface area contributed by atoms with Gasteiger partial charge in [0.1, 0.15) is 0 Å². The fourth-order valence-electron chi connectivity index (χ4n) is 5.00. The van der Waals surface area contributed by atoms with Crippen LogP contribution >= 0.6 is 27.4 Å². The summed E-state index contributed by atoms with van der Waals surface area (Å²) in [6, 6.07) is 6.85. The van der Waals surface area contributed by atoms with Crippen LogP contribution in [0.3, 0.4) is 0 Å². The minimum absolute atomic E-state index is 0.0910. The molecule has 0 bridgehead atoms. The highest BCUT2D eigenvalue weighted by Gasteiger charge is 2.27. The summed E-state index contributed by atoms with van der Waals surface area (Å²) in [5, 5.41) is 25.3. The van der Waals surface area contributed by atoms with E-state index in [1.807, 2.05) is 6.07 Å². The first-order valence-corrected chi connectivity index (χ1v) is 23.9. The van der Waals surface area contributed by atoms with Gasteiger partial charge < -0.3 is 37.6 Å². The van der Waals surface area contributed by atoms with E-state index in [0.29, 0.717) is 109 Å². The molecule has 0 rings (SSSR count). The molecule has 2 atom stereocenters. The van der Waals surface area contributed by atoms with Gasteiger partial charge in [-0.1, -0.05) is 20.8 Å². The van der Waals surface area contributed by atoms with Crippen LogP contribution in [0.4, 0.5) is 0 Å². The summed E-state index contributed by atoms with van der Waals surface area (Å²) < 4.78 is 42.3. The molecule has 13 nitrogen and oxygen atoms in total. The van der Waals surface area contributed by atoms with Crippen LogP contribution in [0.25, 0.3) is 0 Å². The number of nitriles is 2. The lowest BCUT2D eigenvalue weighted by Crippen LogP contribution is -2.36. The number of nitrogens with zero attached hydrogens (tertiary/aromatic N) is 5. The van der Waals surface area contributed by atoms with E-state index in [1.54, 1.807) is 0 Å². The zero-order valence-corrected chi connectivity index (χ0v) is 40.8. The summed E-state index contributed by atoms with van der Waals surface area (Å²) in [6.45, 7) is 39.6. The molecule has 16 heteroatoms. The Hall–Kier alpha value is -0.310. The second kappa shape index (κ2) is 45.8. The largest absolute Gasteiger partial charge is 0.394 e. The Morgan fingerprint density at radius 2 is 0.857 bits per heavy atom. The monoisotopic (exact) mass is 862 g/mol. The van der Waals surface area contributed by atoms with Crippen molar-refractivity contribution in [3.8, 4) is 12.1 Å². The number of rotatable bonds is 31. The zero-order valence-electron chi connectivity index (χ0n) is 38.3. The summed E-state index contributed by atoms with van der Waals surface area (Å²) in [4.78, 5) is 2.46. The van der Waals surface area contributed by atoms with Crippen LogP contribution in [0.15, 0.2) is 0 Å². The van der Waals surface area contributed by atoms with Crippen LogP contribution < -0.4 is 0 Å². The molecular formula is C40H86ClN5O8P2. The van der Waals surface area contributed by atoms with Crippen LogP contribution in [-0.2, 0) is 32.5 Å². The molecule has 0 fully saturated rings. The maximum Gasteiger partial charge on any atom is 0.259 e. The van der Waals surface area contributed by atoms with Gasteiger partial charge in [-0.15, -0.1) is 0 Å². The normalized spacial score (nSPS) is 12.5. The topological polar surface area (TPSA) is 142 Å². The Labute approximate surface area is 352 Å². The van der Waals surface area contributed by atoms with Gasteiger partial charge in [0.2, 0.25) is 7.65 Å². The van der Waals surface area contributed by atoms with Gasteiger partial charge in [0.15, 0.2) is 0 Å². The third kappa shape index (κ3) is 40.5. The molecule has 0 saturated heterocycles. The fraction of sp³-hybridized carbons (Fsp3) is 0.950. The highest BCUT2D eigenvalue weighted by Crippen LogP contribution is 2.49. The van der Waals surface area contributed by atoms with E-state index in [1.165, 1.54) is 0 Å². The molecule has 0 aliphatic carbocycles. The first-order chi connectivity index (χ1) is 26.5. The minimum Gasteiger partial charge on any atom is -0.394 e. The molecule has 0 spiro atoms. The van der Waals surface area contributed by atoms with Crippen molar-refractivity contribution < 1.29 is 37.6 Å². The fourth-order valence-corrected chi connectivity index (χ4v) is 8.93.